The molecule has 8 heavy (non-hydrogen) atoms. The van der Waals surface area contributed by atoms with E-state index in [4.69, 9.17) is 0 Å². The lowest BCUT2D eigenvalue weighted by molar-refractivity contribution is -0.118. The molecule has 1 aliphatic heterocycles. The third-order valence-corrected chi connectivity index (χ3v) is 2.02. The maximum absolute atomic E-state index is 10.5. The van der Waals surface area contributed by atoms with E-state index in [1.54, 1.807) is 6.92 Å². The van der Waals surface area contributed by atoms with Crippen molar-refractivity contribution in [2.75, 3.05) is 0 Å². The molecule has 0 spiro atoms. The largest absolute Gasteiger partial charge is 0.271 e. The first-order chi connectivity index (χ1) is 3.72. The third kappa shape index (κ3) is 0.753. The Labute approximate surface area is 55.3 Å². The first kappa shape index (κ1) is 5.75. The van der Waals surface area contributed by atoms with Crippen molar-refractivity contribution in [2.24, 2.45) is 5.10 Å². The number of hydrogen-bond acceptors (Lipinski definition) is 2. The second kappa shape index (κ2) is 1.85. The SMILES string of the molecule is CC1=NNC(=O)[C@@H]1Br. The highest BCUT2D eigenvalue weighted by molar-refractivity contribution is 9.10. The van der Waals surface area contributed by atoms with Gasteiger partial charge in [0.1, 0.15) is 4.83 Å². The molecule has 1 N–H and O–H groups in total. The van der Waals surface area contributed by atoms with Crippen molar-refractivity contribution in [3.05, 3.63) is 0 Å². The van der Waals surface area contributed by atoms with Crippen molar-refractivity contribution in [1.29, 1.82) is 0 Å². The van der Waals surface area contributed by atoms with Crippen LogP contribution in [0, 0.1) is 0 Å². The highest BCUT2D eigenvalue weighted by Crippen LogP contribution is 2.06. The van der Waals surface area contributed by atoms with E-state index in [2.05, 4.69) is 26.5 Å². The van der Waals surface area contributed by atoms with Crippen LogP contribution in [0.3, 0.4) is 0 Å². The molecule has 0 aromatic carbocycles. The zero-order valence-electron chi connectivity index (χ0n) is 4.31. The van der Waals surface area contributed by atoms with E-state index < -0.39 is 0 Å². The number of amides is 1. The van der Waals surface area contributed by atoms with Crippen molar-refractivity contribution < 1.29 is 4.79 Å². The Morgan fingerprint density at radius 1 is 1.88 bits per heavy atom. The number of nitrogens with one attached hydrogen (secondary N) is 1. The number of alkyl halides is 1. The van der Waals surface area contributed by atoms with Gasteiger partial charge in [-0.15, -0.1) is 0 Å². The molecular weight excluding hydrogens is 172 g/mol. The summed E-state index contributed by atoms with van der Waals surface area (Å²) in [4.78, 5) is 10.3. The molecule has 1 amide bonds. The van der Waals surface area contributed by atoms with Crippen molar-refractivity contribution in [3.63, 3.8) is 0 Å². The fourth-order valence-electron chi connectivity index (χ4n) is 0.446. The molecule has 0 radical (unpaired) electrons. The van der Waals surface area contributed by atoms with Crippen LogP contribution in [-0.2, 0) is 4.79 Å². The van der Waals surface area contributed by atoms with Gasteiger partial charge in [0.2, 0.25) is 0 Å². The van der Waals surface area contributed by atoms with E-state index >= 15 is 0 Å². The zero-order chi connectivity index (χ0) is 6.15. The molecule has 44 valence electrons. The smallest absolute Gasteiger partial charge is 0.259 e. The molecule has 4 heteroatoms. The summed E-state index contributed by atoms with van der Waals surface area (Å²) in [5.41, 5.74) is 3.11. The summed E-state index contributed by atoms with van der Waals surface area (Å²) in [6, 6.07) is 0. The van der Waals surface area contributed by atoms with Crippen LogP contribution in [0.5, 0.6) is 0 Å². The van der Waals surface area contributed by atoms with Crippen molar-refractivity contribution >= 4 is 27.5 Å². The van der Waals surface area contributed by atoms with Gasteiger partial charge in [-0.25, -0.2) is 5.43 Å². The predicted octanol–water partition coefficient (Wildman–Crippen LogP) is 0.256. The van der Waals surface area contributed by atoms with Crippen LogP contribution in [-0.4, -0.2) is 16.4 Å². The normalized spacial score (nSPS) is 27.5. The Morgan fingerprint density at radius 2 is 2.50 bits per heavy atom. The summed E-state index contributed by atoms with van der Waals surface area (Å²) in [7, 11) is 0. The molecule has 3 nitrogen and oxygen atoms in total. The maximum atomic E-state index is 10.5. The van der Waals surface area contributed by atoms with Crippen LogP contribution in [0.15, 0.2) is 5.10 Å². The topological polar surface area (TPSA) is 41.5 Å². The number of rotatable bonds is 0. The Balaban J connectivity index is 2.72. The van der Waals surface area contributed by atoms with Gasteiger partial charge in [-0.1, -0.05) is 15.9 Å². The van der Waals surface area contributed by atoms with E-state index in [0.29, 0.717) is 0 Å². The van der Waals surface area contributed by atoms with E-state index in [0.717, 1.165) is 5.71 Å². The lowest BCUT2D eigenvalue weighted by Gasteiger charge is -1.90. The van der Waals surface area contributed by atoms with Gasteiger partial charge in [-0.3, -0.25) is 4.79 Å². The van der Waals surface area contributed by atoms with Crippen LogP contribution in [0.1, 0.15) is 6.92 Å². The third-order valence-electron chi connectivity index (χ3n) is 0.939. The minimum absolute atomic E-state index is 0.0810. The first-order valence-corrected chi connectivity index (χ1v) is 3.11. The van der Waals surface area contributed by atoms with E-state index in [-0.39, 0.29) is 10.7 Å². The molecule has 1 atom stereocenters. The monoisotopic (exact) mass is 176 g/mol. The van der Waals surface area contributed by atoms with Crippen LogP contribution in [0.4, 0.5) is 0 Å². The standard InChI is InChI=1S/C4H5BrN2O/c1-2-3(5)4(8)7-6-2/h3H,1H3,(H,7,8)/t3-/m1/s1. The average Bonchev–Trinajstić information content (AvgIpc) is 1.98. The lowest BCUT2D eigenvalue weighted by atomic mass is 10.3. The number of hydrazone groups is 1. The van der Waals surface area contributed by atoms with Crippen LogP contribution < -0.4 is 5.43 Å². The summed E-state index contributed by atoms with van der Waals surface area (Å²) in [5, 5.41) is 3.67. The van der Waals surface area contributed by atoms with Gasteiger partial charge >= 0.3 is 0 Å². The molecule has 0 unspecified atom stereocenters. The fraction of sp³-hybridized carbons (Fsp3) is 0.500. The highest BCUT2D eigenvalue weighted by atomic mass is 79.9. The van der Waals surface area contributed by atoms with Gasteiger partial charge in [-0.05, 0) is 6.92 Å². The van der Waals surface area contributed by atoms with Crippen molar-refractivity contribution in [3.8, 4) is 0 Å². The molecular formula is C4H5BrN2O. The molecule has 0 aliphatic carbocycles. The van der Waals surface area contributed by atoms with Crippen LogP contribution in [0.25, 0.3) is 0 Å². The number of nitrogens with zero attached hydrogens (tertiary/aromatic N) is 1. The Bertz CT molecular complexity index is 154. The zero-order valence-corrected chi connectivity index (χ0v) is 5.90. The number of carbonyl (C=O) groups is 1. The molecule has 0 saturated heterocycles. The summed E-state index contributed by atoms with van der Waals surface area (Å²) in [6.45, 7) is 1.79. The summed E-state index contributed by atoms with van der Waals surface area (Å²) in [5.74, 6) is -0.0810. The summed E-state index contributed by atoms with van der Waals surface area (Å²) in [6.07, 6.45) is 0. The minimum Gasteiger partial charge on any atom is -0.271 e. The average molecular weight is 177 g/mol. The molecule has 1 rings (SSSR count). The quantitative estimate of drug-likeness (QED) is 0.529. The van der Waals surface area contributed by atoms with Gasteiger partial charge in [-0.2, -0.15) is 5.10 Å². The number of carbonyl (C=O) groups excluding carboxylic acids is 1. The van der Waals surface area contributed by atoms with Gasteiger partial charge < -0.3 is 0 Å². The van der Waals surface area contributed by atoms with Crippen LogP contribution in [0.2, 0.25) is 0 Å². The maximum Gasteiger partial charge on any atom is 0.259 e. The van der Waals surface area contributed by atoms with Crippen molar-refractivity contribution in [1.82, 2.24) is 5.43 Å². The molecule has 0 bridgehead atoms. The second-order valence-corrected chi connectivity index (χ2v) is 2.51. The molecule has 1 heterocycles. The Kier molecular flexibility index (Phi) is 1.33. The van der Waals surface area contributed by atoms with Crippen molar-refractivity contribution in [2.45, 2.75) is 11.8 Å². The van der Waals surface area contributed by atoms with E-state index in [1.807, 2.05) is 0 Å². The van der Waals surface area contributed by atoms with Gasteiger partial charge in [0.25, 0.3) is 5.91 Å². The Hall–Kier alpha value is -0.380. The molecule has 0 saturated carbocycles. The Morgan fingerprint density at radius 3 is 2.62 bits per heavy atom. The van der Waals surface area contributed by atoms with Gasteiger partial charge in [0.05, 0.1) is 5.71 Å². The molecule has 0 fully saturated rings. The van der Waals surface area contributed by atoms with E-state index in [1.165, 1.54) is 0 Å². The first-order valence-electron chi connectivity index (χ1n) is 2.20. The second-order valence-electron chi connectivity index (χ2n) is 1.59. The van der Waals surface area contributed by atoms with Crippen LogP contribution >= 0.6 is 15.9 Å². The summed E-state index contributed by atoms with van der Waals surface area (Å²) < 4.78 is 0. The molecule has 0 aromatic heterocycles. The number of hydrogen-bond donors (Lipinski definition) is 1. The minimum atomic E-state index is -0.206. The lowest BCUT2D eigenvalue weighted by Crippen LogP contribution is -2.21. The summed E-state index contributed by atoms with van der Waals surface area (Å²) >= 11 is 3.13. The van der Waals surface area contributed by atoms with Gasteiger partial charge in [0.15, 0.2) is 0 Å². The van der Waals surface area contributed by atoms with E-state index in [9.17, 15) is 4.79 Å². The molecule has 0 aromatic rings. The predicted molar refractivity (Wildman–Crippen MR) is 34.0 cm³/mol. The van der Waals surface area contributed by atoms with Gasteiger partial charge in [0, 0.05) is 0 Å². The fourth-order valence-corrected chi connectivity index (χ4v) is 0.651. The number of halogens is 1. The highest BCUT2D eigenvalue weighted by Gasteiger charge is 2.22. The molecule has 1 aliphatic rings.